The van der Waals surface area contributed by atoms with E-state index in [0.29, 0.717) is 12.1 Å². The van der Waals surface area contributed by atoms with Gasteiger partial charge in [0.1, 0.15) is 12.6 Å². The van der Waals surface area contributed by atoms with Crippen molar-refractivity contribution in [2.24, 2.45) is 5.92 Å². The van der Waals surface area contributed by atoms with Gasteiger partial charge >= 0.3 is 0 Å². The minimum absolute atomic E-state index is 0.0283. The number of anilines is 1. The standard InChI is InChI=1S/C24H31BrN4O6S/c1-16(2)13-26-24(31)18(4)27(14-19-7-9-20(25)10-8-19)23(30)15-28(36(5,34)35)22-12-21(29(32)33)11-6-17(22)3/h6-12,16,18H,13-15H2,1-5H3,(H,26,31)/t18-/m0/s1. The van der Waals surface area contributed by atoms with Gasteiger partial charge in [-0.25, -0.2) is 8.42 Å². The molecule has 0 bridgehead atoms. The molecule has 0 fully saturated rings. The molecule has 36 heavy (non-hydrogen) atoms. The van der Waals surface area contributed by atoms with Crippen LogP contribution in [-0.4, -0.2) is 55.4 Å². The number of nitrogens with zero attached hydrogens (tertiary/aromatic N) is 3. The van der Waals surface area contributed by atoms with Gasteiger partial charge in [-0.15, -0.1) is 0 Å². The molecule has 2 aromatic carbocycles. The van der Waals surface area contributed by atoms with Crippen molar-refractivity contribution >= 4 is 49.1 Å². The van der Waals surface area contributed by atoms with E-state index in [2.05, 4.69) is 21.2 Å². The molecular formula is C24H31BrN4O6S. The quantitative estimate of drug-likeness (QED) is 0.318. The zero-order chi connectivity index (χ0) is 27.2. The van der Waals surface area contributed by atoms with Crippen LogP contribution >= 0.6 is 15.9 Å². The number of halogens is 1. The van der Waals surface area contributed by atoms with Crippen LogP contribution in [0.5, 0.6) is 0 Å². The largest absolute Gasteiger partial charge is 0.354 e. The van der Waals surface area contributed by atoms with Crippen LogP contribution in [0.15, 0.2) is 46.9 Å². The molecule has 0 saturated carbocycles. The van der Waals surface area contributed by atoms with Crippen LogP contribution < -0.4 is 9.62 Å². The maximum atomic E-state index is 13.6. The van der Waals surface area contributed by atoms with E-state index in [1.54, 1.807) is 38.1 Å². The fraction of sp³-hybridized carbons (Fsp3) is 0.417. The lowest BCUT2D eigenvalue weighted by Crippen LogP contribution is -2.51. The molecule has 0 radical (unpaired) electrons. The number of nitro benzene ring substituents is 1. The van der Waals surface area contributed by atoms with E-state index in [-0.39, 0.29) is 29.7 Å². The van der Waals surface area contributed by atoms with E-state index in [1.165, 1.54) is 17.0 Å². The Hall–Kier alpha value is -2.99. The van der Waals surface area contributed by atoms with Crippen LogP contribution in [-0.2, 0) is 26.2 Å². The normalized spacial score (nSPS) is 12.2. The molecule has 0 spiro atoms. The van der Waals surface area contributed by atoms with E-state index in [1.807, 2.05) is 13.8 Å². The van der Waals surface area contributed by atoms with E-state index in [9.17, 15) is 28.1 Å². The summed E-state index contributed by atoms with van der Waals surface area (Å²) in [6.07, 6.45) is 0.927. The fourth-order valence-corrected chi connectivity index (χ4v) is 4.56. The number of amides is 2. The Bertz CT molecular complexity index is 1220. The summed E-state index contributed by atoms with van der Waals surface area (Å²) >= 11 is 3.36. The Kier molecular flexibility index (Phi) is 10.00. The number of rotatable bonds is 11. The lowest BCUT2D eigenvalue weighted by molar-refractivity contribution is -0.384. The number of hydrogen-bond donors (Lipinski definition) is 1. The zero-order valence-electron chi connectivity index (χ0n) is 20.9. The summed E-state index contributed by atoms with van der Waals surface area (Å²) in [4.78, 5) is 38.4. The van der Waals surface area contributed by atoms with E-state index in [4.69, 9.17) is 0 Å². The first kappa shape index (κ1) is 29.2. The lowest BCUT2D eigenvalue weighted by atomic mass is 10.1. The Morgan fingerprint density at radius 2 is 1.72 bits per heavy atom. The molecule has 0 saturated heterocycles. The number of carbonyl (C=O) groups excluding carboxylic acids is 2. The number of carbonyl (C=O) groups is 2. The molecule has 1 atom stereocenters. The summed E-state index contributed by atoms with van der Waals surface area (Å²) in [5.74, 6) is -0.789. The number of nitro groups is 1. The highest BCUT2D eigenvalue weighted by atomic mass is 79.9. The Labute approximate surface area is 220 Å². The van der Waals surface area contributed by atoms with Gasteiger partial charge in [0.05, 0.1) is 16.9 Å². The van der Waals surface area contributed by atoms with Crippen molar-refractivity contribution in [3.63, 3.8) is 0 Å². The van der Waals surface area contributed by atoms with Gasteiger partial charge in [0.2, 0.25) is 21.8 Å². The van der Waals surface area contributed by atoms with Crippen LogP contribution in [0.1, 0.15) is 31.9 Å². The summed E-state index contributed by atoms with van der Waals surface area (Å²) in [7, 11) is -4.00. The predicted molar refractivity (Wildman–Crippen MR) is 142 cm³/mol. The van der Waals surface area contributed by atoms with Crippen LogP contribution in [0.3, 0.4) is 0 Å². The van der Waals surface area contributed by atoms with Crippen LogP contribution in [0.25, 0.3) is 0 Å². The van der Waals surface area contributed by atoms with E-state index < -0.39 is 33.4 Å². The molecule has 0 aliphatic heterocycles. The highest BCUT2D eigenvalue weighted by molar-refractivity contribution is 9.10. The van der Waals surface area contributed by atoms with Crippen molar-refractivity contribution in [3.8, 4) is 0 Å². The number of benzene rings is 2. The van der Waals surface area contributed by atoms with Crippen molar-refractivity contribution < 1.29 is 22.9 Å². The van der Waals surface area contributed by atoms with Gasteiger partial charge in [-0.1, -0.05) is 48.0 Å². The summed E-state index contributed by atoms with van der Waals surface area (Å²) in [5, 5.41) is 14.1. The van der Waals surface area contributed by atoms with Gasteiger partial charge in [0.25, 0.3) is 5.69 Å². The van der Waals surface area contributed by atoms with Crippen molar-refractivity contribution in [1.29, 1.82) is 0 Å². The molecule has 10 nitrogen and oxygen atoms in total. The van der Waals surface area contributed by atoms with Gasteiger partial charge in [-0.2, -0.15) is 0 Å². The molecule has 0 heterocycles. The molecule has 0 aliphatic rings. The molecule has 2 aromatic rings. The first-order chi connectivity index (χ1) is 16.7. The molecule has 2 rings (SSSR count). The smallest absolute Gasteiger partial charge is 0.271 e. The molecule has 0 unspecified atom stereocenters. The Morgan fingerprint density at radius 3 is 2.25 bits per heavy atom. The second-order valence-corrected chi connectivity index (χ2v) is 11.8. The number of sulfonamides is 1. The highest BCUT2D eigenvalue weighted by Crippen LogP contribution is 2.28. The molecule has 0 aromatic heterocycles. The number of non-ortho nitro benzene ring substituents is 1. The topological polar surface area (TPSA) is 130 Å². The number of aryl methyl sites for hydroxylation is 1. The van der Waals surface area contributed by atoms with Crippen molar-refractivity contribution in [2.45, 2.75) is 40.3 Å². The first-order valence-electron chi connectivity index (χ1n) is 11.2. The minimum Gasteiger partial charge on any atom is -0.354 e. The first-order valence-corrected chi connectivity index (χ1v) is 13.9. The molecule has 0 aliphatic carbocycles. The predicted octanol–water partition coefficient (Wildman–Crippen LogP) is 3.62. The summed E-state index contributed by atoms with van der Waals surface area (Å²) in [5.41, 5.74) is 0.916. The van der Waals surface area contributed by atoms with Crippen LogP contribution in [0.4, 0.5) is 11.4 Å². The minimum atomic E-state index is -4.00. The molecule has 2 amide bonds. The molecular weight excluding hydrogens is 552 g/mol. The number of hydrogen-bond acceptors (Lipinski definition) is 6. The van der Waals surface area contributed by atoms with E-state index >= 15 is 0 Å². The third-order valence-electron chi connectivity index (χ3n) is 5.47. The zero-order valence-corrected chi connectivity index (χ0v) is 23.3. The van der Waals surface area contributed by atoms with Crippen molar-refractivity contribution in [1.82, 2.24) is 10.2 Å². The van der Waals surface area contributed by atoms with Gasteiger partial charge in [-0.3, -0.25) is 24.0 Å². The fourth-order valence-electron chi connectivity index (χ4n) is 3.40. The van der Waals surface area contributed by atoms with Gasteiger partial charge in [-0.05, 0) is 43.0 Å². The Balaban J connectivity index is 2.45. The molecule has 12 heteroatoms. The maximum Gasteiger partial charge on any atom is 0.271 e. The molecule has 1 N–H and O–H groups in total. The van der Waals surface area contributed by atoms with Crippen molar-refractivity contribution in [2.75, 3.05) is 23.7 Å². The Morgan fingerprint density at radius 1 is 1.11 bits per heavy atom. The second kappa shape index (κ2) is 12.3. The van der Waals surface area contributed by atoms with Gasteiger partial charge < -0.3 is 10.2 Å². The van der Waals surface area contributed by atoms with Gasteiger partial charge in [0, 0.05) is 29.7 Å². The SMILES string of the molecule is Cc1ccc([N+](=O)[O-])cc1N(CC(=O)N(Cc1ccc(Br)cc1)[C@@H](C)C(=O)NCC(C)C)S(C)(=O)=O. The summed E-state index contributed by atoms with van der Waals surface area (Å²) < 4.78 is 27.1. The third kappa shape index (κ3) is 8.02. The van der Waals surface area contributed by atoms with Crippen molar-refractivity contribution in [3.05, 3.63) is 68.2 Å². The second-order valence-electron chi connectivity index (χ2n) is 8.96. The average Bonchev–Trinajstić information content (AvgIpc) is 2.79. The monoisotopic (exact) mass is 582 g/mol. The highest BCUT2D eigenvalue weighted by Gasteiger charge is 2.31. The number of nitrogens with one attached hydrogen (secondary N) is 1. The summed E-state index contributed by atoms with van der Waals surface area (Å²) in [6, 6.07) is 10.1. The van der Waals surface area contributed by atoms with Gasteiger partial charge in [0.15, 0.2) is 0 Å². The third-order valence-corrected chi connectivity index (χ3v) is 7.12. The lowest BCUT2D eigenvalue weighted by Gasteiger charge is -2.32. The average molecular weight is 584 g/mol. The van der Waals surface area contributed by atoms with Crippen LogP contribution in [0, 0.1) is 23.0 Å². The maximum absolute atomic E-state index is 13.6. The molecule has 196 valence electrons. The van der Waals surface area contributed by atoms with E-state index in [0.717, 1.165) is 26.7 Å². The van der Waals surface area contributed by atoms with Crippen LogP contribution in [0.2, 0.25) is 0 Å². The summed E-state index contributed by atoms with van der Waals surface area (Å²) in [6.45, 7) is 6.93.